The van der Waals surface area contributed by atoms with Gasteiger partial charge in [0.2, 0.25) is 5.95 Å². The maximum atomic E-state index is 12.9. The van der Waals surface area contributed by atoms with Crippen LogP contribution in [0.25, 0.3) is 11.3 Å². The minimum atomic E-state index is -2.27. The second-order valence-electron chi connectivity index (χ2n) is 11.0. The quantitative estimate of drug-likeness (QED) is 0.147. The van der Waals surface area contributed by atoms with Crippen LogP contribution in [0.5, 0.6) is 0 Å². The summed E-state index contributed by atoms with van der Waals surface area (Å²) in [5.41, 5.74) is 6.08. The Labute approximate surface area is 271 Å². The second kappa shape index (κ2) is 16.3. The van der Waals surface area contributed by atoms with E-state index >= 15 is 0 Å². The van der Waals surface area contributed by atoms with E-state index < -0.39 is 24.1 Å². The molecule has 3 heterocycles. The summed E-state index contributed by atoms with van der Waals surface area (Å²) in [6.07, 6.45) is 0.684. The van der Waals surface area contributed by atoms with Gasteiger partial charge in [-0.3, -0.25) is 14.7 Å². The van der Waals surface area contributed by atoms with Crippen molar-refractivity contribution in [3.8, 4) is 11.3 Å². The van der Waals surface area contributed by atoms with Crippen LogP contribution in [0.1, 0.15) is 21.5 Å². The molecule has 0 bridgehead atoms. The van der Waals surface area contributed by atoms with Crippen molar-refractivity contribution >= 4 is 35.2 Å². The van der Waals surface area contributed by atoms with E-state index in [9.17, 15) is 14.4 Å². The van der Waals surface area contributed by atoms with Gasteiger partial charge in [0.05, 0.1) is 5.69 Å². The number of rotatable bonds is 10. The third-order valence-electron chi connectivity index (χ3n) is 7.38. The van der Waals surface area contributed by atoms with Gasteiger partial charge in [0.25, 0.3) is 5.91 Å². The first-order valence-corrected chi connectivity index (χ1v) is 14.7. The molecule has 4 aromatic rings. The molecule has 1 amide bonds. The summed E-state index contributed by atoms with van der Waals surface area (Å²) < 4.78 is 0. The summed E-state index contributed by atoms with van der Waals surface area (Å²) in [5, 5.41) is 38.8. The van der Waals surface area contributed by atoms with Gasteiger partial charge in [0.1, 0.15) is 0 Å². The van der Waals surface area contributed by atoms with Crippen molar-refractivity contribution in [2.45, 2.75) is 25.7 Å². The predicted molar refractivity (Wildman–Crippen MR) is 174 cm³/mol. The summed E-state index contributed by atoms with van der Waals surface area (Å²) in [5.74, 6) is -3.20. The van der Waals surface area contributed by atoms with Crippen molar-refractivity contribution in [2.24, 2.45) is 0 Å². The monoisotopic (exact) mass is 643 g/mol. The molecule has 14 heteroatoms. The van der Waals surface area contributed by atoms with E-state index in [1.54, 1.807) is 18.6 Å². The number of nitrogens with zero attached hydrogens (tertiary/aromatic N) is 5. The van der Waals surface area contributed by atoms with E-state index in [0.717, 1.165) is 55.2 Å². The molecule has 1 fully saturated rings. The highest BCUT2D eigenvalue weighted by molar-refractivity contribution is 6.04. The molecule has 2 aromatic carbocycles. The lowest BCUT2D eigenvalue weighted by molar-refractivity contribution is -0.165. The Morgan fingerprint density at radius 3 is 2.19 bits per heavy atom. The zero-order valence-electron chi connectivity index (χ0n) is 25.9. The van der Waals surface area contributed by atoms with Gasteiger partial charge in [-0.05, 0) is 67.6 Å². The van der Waals surface area contributed by atoms with Gasteiger partial charge < -0.3 is 36.0 Å². The van der Waals surface area contributed by atoms with Gasteiger partial charge in [0, 0.05) is 73.8 Å². The number of hydrogen-bond donors (Lipinski definition) is 6. The number of anilines is 3. The molecule has 0 unspecified atom stereocenters. The number of nitrogens with one attached hydrogen (secondary N) is 2. The van der Waals surface area contributed by atoms with Gasteiger partial charge in [-0.1, -0.05) is 18.2 Å². The number of likely N-dealkylation sites (N-methyl/N-ethyl adjacent to an activating group) is 1. The summed E-state index contributed by atoms with van der Waals surface area (Å²) in [7, 11) is 2.16. The number of aryl methyl sites for hydroxylation is 1. The lowest BCUT2D eigenvalue weighted by Crippen LogP contribution is -2.43. The van der Waals surface area contributed by atoms with Crippen molar-refractivity contribution in [3.63, 3.8) is 0 Å². The Morgan fingerprint density at radius 1 is 0.894 bits per heavy atom. The first-order valence-electron chi connectivity index (χ1n) is 14.7. The molecule has 2 aromatic heterocycles. The van der Waals surface area contributed by atoms with Crippen molar-refractivity contribution in [1.82, 2.24) is 24.8 Å². The zero-order valence-corrected chi connectivity index (χ0v) is 25.9. The number of aliphatic carboxylic acids is 2. The highest BCUT2D eigenvalue weighted by Crippen LogP contribution is 2.25. The molecule has 0 radical (unpaired) electrons. The number of piperazine rings is 1. The average molecular weight is 644 g/mol. The fourth-order valence-corrected chi connectivity index (χ4v) is 4.55. The molecular formula is C33H37N7O7. The van der Waals surface area contributed by atoms with Crippen LogP contribution < -0.4 is 10.6 Å². The van der Waals surface area contributed by atoms with Gasteiger partial charge in [-0.15, -0.1) is 0 Å². The van der Waals surface area contributed by atoms with E-state index in [1.807, 2.05) is 67.6 Å². The fraction of sp³-hybridized carbons (Fsp3) is 0.273. The third kappa shape index (κ3) is 10.1. The number of carbonyl (C=O) groups is 3. The van der Waals surface area contributed by atoms with E-state index in [2.05, 4.69) is 42.4 Å². The molecular weight excluding hydrogens is 606 g/mol. The second-order valence-corrected chi connectivity index (χ2v) is 11.0. The highest BCUT2D eigenvalue weighted by Gasteiger charge is 2.29. The molecule has 6 N–H and O–H groups in total. The smallest absolute Gasteiger partial charge is 0.335 e. The number of carboxylic acids is 2. The van der Waals surface area contributed by atoms with E-state index in [0.29, 0.717) is 17.2 Å². The van der Waals surface area contributed by atoms with Crippen LogP contribution in [0.15, 0.2) is 79.3 Å². The standard InChI is InChI=1S/C29H31N7O.C4H6O6/c1-21-5-10-25(18-27(21)34-29-31-13-11-26(33-29)24-4-3-12-30-19-24)32-28(37)23-8-6-22(7-9-23)20-36-16-14-35(2)15-17-36;5-1(3(7)8)2(6)4(9)10/h3-13,18-19H,14-17,20H2,1-2H3,(H,32,37)(H,31,33,34);1-2,5-6H,(H,7,8)(H,9,10)/t;1-,2-/m.1/s1. The topological polar surface area (TPSA) is 201 Å². The maximum Gasteiger partial charge on any atom is 0.335 e. The van der Waals surface area contributed by atoms with E-state index in [-0.39, 0.29) is 5.91 Å². The average Bonchev–Trinajstić information content (AvgIpc) is 3.07. The Kier molecular flexibility index (Phi) is 12.0. The number of carbonyl (C=O) groups excluding carboxylic acids is 1. The van der Waals surface area contributed by atoms with Crippen LogP contribution >= 0.6 is 0 Å². The van der Waals surface area contributed by atoms with E-state index in [4.69, 9.17) is 20.4 Å². The first kappa shape index (κ1) is 34.6. The van der Waals surface area contributed by atoms with Crippen molar-refractivity contribution in [3.05, 3.63) is 95.9 Å². The maximum absolute atomic E-state index is 12.9. The van der Waals surface area contributed by atoms with Crippen LogP contribution in [0.2, 0.25) is 0 Å². The van der Waals surface area contributed by atoms with Crippen LogP contribution in [0, 0.1) is 6.92 Å². The Bertz CT molecular complexity index is 1650. The highest BCUT2D eigenvalue weighted by atomic mass is 16.4. The molecule has 47 heavy (non-hydrogen) atoms. The van der Waals surface area contributed by atoms with Crippen LogP contribution in [-0.4, -0.2) is 108 Å². The number of aliphatic hydroxyl groups is 2. The normalized spacial score (nSPS) is 14.6. The molecule has 2 atom stereocenters. The first-order chi connectivity index (χ1) is 22.5. The number of aliphatic hydroxyl groups excluding tert-OH is 2. The Balaban J connectivity index is 0.000000434. The number of aromatic nitrogens is 3. The SMILES string of the molecule is Cc1ccc(NC(=O)c2ccc(CN3CCN(C)CC3)cc2)cc1Nc1nccc(-c2cccnc2)n1.O=C(O)[C@H](O)[C@@H](O)C(=O)O. The summed E-state index contributed by atoms with van der Waals surface area (Å²) >= 11 is 0. The lowest BCUT2D eigenvalue weighted by Gasteiger charge is -2.32. The predicted octanol–water partition coefficient (Wildman–Crippen LogP) is 2.47. The minimum Gasteiger partial charge on any atom is -0.479 e. The van der Waals surface area contributed by atoms with Gasteiger partial charge >= 0.3 is 11.9 Å². The van der Waals surface area contributed by atoms with Gasteiger partial charge in [0.15, 0.2) is 12.2 Å². The molecule has 246 valence electrons. The van der Waals surface area contributed by atoms with Gasteiger partial charge in [-0.25, -0.2) is 19.6 Å². The van der Waals surface area contributed by atoms with Crippen molar-refractivity contribution in [2.75, 3.05) is 43.9 Å². The summed E-state index contributed by atoms with van der Waals surface area (Å²) in [4.78, 5) is 50.4. The number of hydrogen-bond acceptors (Lipinski definition) is 11. The molecule has 0 saturated carbocycles. The fourth-order valence-electron chi connectivity index (χ4n) is 4.55. The third-order valence-corrected chi connectivity index (χ3v) is 7.38. The Morgan fingerprint density at radius 2 is 1.57 bits per heavy atom. The Hall–Kier alpha value is -5.28. The summed E-state index contributed by atoms with van der Waals surface area (Å²) in [6, 6.07) is 19.3. The number of carboxylic acid groups (broad SMARTS) is 2. The van der Waals surface area contributed by atoms with Crippen LogP contribution in [0.4, 0.5) is 17.3 Å². The van der Waals surface area contributed by atoms with Crippen LogP contribution in [-0.2, 0) is 16.1 Å². The van der Waals surface area contributed by atoms with Crippen molar-refractivity contribution < 1.29 is 34.8 Å². The van der Waals surface area contributed by atoms with E-state index in [1.165, 1.54) is 5.56 Å². The minimum absolute atomic E-state index is 0.143. The molecule has 5 rings (SSSR count). The number of pyridine rings is 1. The molecule has 14 nitrogen and oxygen atoms in total. The number of amides is 1. The zero-order chi connectivity index (χ0) is 33.9. The number of benzene rings is 2. The lowest BCUT2D eigenvalue weighted by atomic mass is 10.1. The molecule has 1 aliphatic heterocycles. The van der Waals surface area contributed by atoms with Crippen molar-refractivity contribution in [1.29, 1.82) is 0 Å². The van der Waals surface area contributed by atoms with Gasteiger partial charge in [-0.2, -0.15) is 0 Å². The molecule has 1 saturated heterocycles. The van der Waals surface area contributed by atoms with Crippen LogP contribution in [0.3, 0.4) is 0 Å². The summed E-state index contributed by atoms with van der Waals surface area (Å²) in [6.45, 7) is 7.24. The largest absolute Gasteiger partial charge is 0.479 e. The molecule has 1 aliphatic rings. The molecule has 0 aliphatic carbocycles. The molecule has 0 spiro atoms.